The van der Waals surface area contributed by atoms with E-state index in [9.17, 15) is 18.0 Å². The molecule has 1 aliphatic heterocycles. The molecular formula is C27H24ClF3N8O. The van der Waals surface area contributed by atoms with Crippen molar-refractivity contribution in [2.75, 3.05) is 36.5 Å². The molecule has 40 heavy (non-hydrogen) atoms. The lowest BCUT2D eigenvalue weighted by molar-refractivity contribution is -0.137. The van der Waals surface area contributed by atoms with Crippen LogP contribution in [0.4, 0.5) is 35.2 Å². The quantitative estimate of drug-likeness (QED) is 0.286. The third-order valence-corrected chi connectivity index (χ3v) is 6.87. The largest absolute Gasteiger partial charge is 0.416 e. The molecule has 0 saturated carbocycles. The summed E-state index contributed by atoms with van der Waals surface area (Å²) >= 11 is 6.36. The summed E-state index contributed by atoms with van der Waals surface area (Å²) in [5, 5.41) is 10.6. The highest BCUT2D eigenvalue weighted by molar-refractivity contribution is 6.31. The Morgan fingerprint density at radius 1 is 1.07 bits per heavy atom. The van der Waals surface area contributed by atoms with Crippen molar-refractivity contribution in [1.82, 2.24) is 24.6 Å². The Labute approximate surface area is 232 Å². The number of aromatic nitrogens is 4. The van der Waals surface area contributed by atoms with Crippen molar-refractivity contribution in [3.05, 3.63) is 70.6 Å². The van der Waals surface area contributed by atoms with E-state index in [2.05, 4.69) is 44.4 Å². The number of amides is 2. The van der Waals surface area contributed by atoms with Gasteiger partial charge in [-0.25, -0.2) is 19.4 Å². The first-order valence-corrected chi connectivity index (χ1v) is 12.7. The monoisotopic (exact) mass is 568 g/mol. The van der Waals surface area contributed by atoms with E-state index in [0.717, 1.165) is 38.1 Å². The fourth-order valence-electron chi connectivity index (χ4n) is 4.47. The molecule has 13 heteroatoms. The van der Waals surface area contributed by atoms with Crippen molar-refractivity contribution >= 4 is 45.9 Å². The number of nitrogens with zero attached hydrogens (tertiary/aromatic N) is 5. The number of hydrogen-bond donors (Lipinski definition) is 3. The zero-order valence-electron chi connectivity index (χ0n) is 21.3. The number of nitrogens with one attached hydrogen (secondary N) is 2. The molecule has 1 fully saturated rings. The van der Waals surface area contributed by atoms with Gasteiger partial charge in [-0.2, -0.15) is 18.3 Å². The lowest BCUT2D eigenvalue weighted by atomic mass is 10.1. The third kappa shape index (κ3) is 5.95. The highest BCUT2D eigenvalue weighted by atomic mass is 35.5. The first kappa shape index (κ1) is 27.2. The Kier molecular flexibility index (Phi) is 7.51. The third-order valence-electron chi connectivity index (χ3n) is 6.54. The molecule has 0 aliphatic carbocycles. The molecule has 5 rings (SSSR count). The van der Waals surface area contributed by atoms with Gasteiger partial charge < -0.3 is 21.3 Å². The summed E-state index contributed by atoms with van der Waals surface area (Å²) < 4.78 is 40.8. The Hall–Kier alpha value is -4.34. The van der Waals surface area contributed by atoms with Crippen LogP contribution in [0.5, 0.6) is 0 Å². The second-order valence-electron chi connectivity index (χ2n) is 9.39. The van der Waals surface area contributed by atoms with E-state index in [1.807, 2.05) is 4.68 Å². The molecule has 2 aromatic carbocycles. The maximum atomic E-state index is 13.0. The summed E-state index contributed by atoms with van der Waals surface area (Å²) in [6.45, 7) is 1.87. The summed E-state index contributed by atoms with van der Waals surface area (Å²) in [6, 6.07) is 8.42. The molecule has 2 amide bonds. The van der Waals surface area contributed by atoms with Crippen LogP contribution in [0.2, 0.25) is 5.02 Å². The number of alkyl halides is 3. The number of carbonyl (C=O) groups is 1. The number of urea groups is 1. The molecule has 0 atom stereocenters. The van der Waals surface area contributed by atoms with Crippen LogP contribution in [0, 0.1) is 11.8 Å². The Bertz CT molecular complexity index is 1630. The van der Waals surface area contributed by atoms with Gasteiger partial charge in [-0.1, -0.05) is 23.6 Å². The van der Waals surface area contributed by atoms with Crippen LogP contribution in [0.15, 0.2) is 48.8 Å². The van der Waals surface area contributed by atoms with Crippen LogP contribution >= 0.6 is 11.6 Å². The number of fused-ring (bicyclic) bond motifs is 1. The number of nitrogens with two attached hydrogens (primary N) is 1. The zero-order valence-corrected chi connectivity index (χ0v) is 22.0. The first-order chi connectivity index (χ1) is 19.1. The van der Waals surface area contributed by atoms with Crippen LogP contribution in [-0.4, -0.2) is 50.8 Å². The maximum absolute atomic E-state index is 13.0. The number of halogens is 4. The van der Waals surface area contributed by atoms with Gasteiger partial charge in [0.2, 0.25) is 0 Å². The molecule has 0 radical (unpaired) electrons. The fourth-order valence-corrected chi connectivity index (χ4v) is 4.63. The van der Waals surface area contributed by atoms with E-state index >= 15 is 0 Å². The van der Waals surface area contributed by atoms with E-state index in [-0.39, 0.29) is 17.5 Å². The number of carbonyl (C=O) groups excluding carboxylic acids is 1. The highest BCUT2D eigenvalue weighted by Crippen LogP contribution is 2.31. The minimum atomic E-state index is -4.52. The SMILES string of the molecule is CN1CCC(n2nc(C#Cc3cc(NC(=O)Nc4cccc(C(F)(F)F)c4)ccc3Cl)c3c(N)ncnc32)CC1. The molecular weight excluding hydrogens is 545 g/mol. The van der Waals surface area contributed by atoms with Crippen molar-refractivity contribution in [2.24, 2.45) is 0 Å². The topological polar surface area (TPSA) is 114 Å². The Morgan fingerprint density at radius 2 is 1.80 bits per heavy atom. The Morgan fingerprint density at radius 3 is 2.52 bits per heavy atom. The molecule has 9 nitrogen and oxygen atoms in total. The Balaban J connectivity index is 1.38. The normalized spacial score (nSPS) is 14.5. The highest BCUT2D eigenvalue weighted by Gasteiger charge is 2.30. The summed E-state index contributed by atoms with van der Waals surface area (Å²) in [5.41, 5.74) is 7.05. The predicted molar refractivity (Wildman–Crippen MR) is 147 cm³/mol. The number of anilines is 3. The van der Waals surface area contributed by atoms with Gasteiger partial charge in [-0.15, -0.1) is 0 Å². The van der Waals surface area contributed by atoms with Gasteiger partial charge >= 0.3 is 12.2 Å². The minimum absolute atomic E-state index is 0.00631. The van der Waals surface area contributed by atoms with E-state index < -0.39 is 17.8 Å². The van der Waals surface area contributed by atoms with Crippen LogP contribution in [0.1, 0.15) is 35.7 Å². The number of hydrogen-bond acceptors (Lipinski definition) is 6. The fraction of sp³-hybridized carbons (Fsp3) is 0.259. The van der Waals surface area contributed by atoms with Crippen LogP contribution in [0.25, 0.3) is 11.0 Å². The van der Waals surface area contributed by atoms with Gasteiger partial charge in [0.05, 0.1) is 22.0 Å². The molecule has 2 aromatic heterocycles. The van der Waals surface area contributed by atoms with Crippen molar-refractivity contribution < 1.29 is 18.0 Å². The minimum Gasteiger partial charge on any atom is -0.383 e. The second kappa shape index (κ2) is 11.0. The second-order valence-corrected chi connectivity index (χ2v) is 9.79. The average molecular weight is 569 g/mol. The number of likely N-dealkylation sites (tertiary alicyclic amines) is 1. The zero-order chi connectivity index (χ0) is 28.4. The average Bonchev–Trinajstić information content (AvgIpc) is 3.29. The summed E-state index contributed by atoms with van der Waals surface area (Å²) in [6.07, 6.45) is -1.31. The molecule has 0 unspecified atom stereocenters. The molecule has 4 aromatic rings. The number of piperidine rings is 1. The van der Waals surface area contributed by atoms with E-state index in [1.165, 1.54) is 18.5 Å². The molecule has 0 spiro atoms. The molecule has 206 valence electrons. The number of rotatable bonds is 3. The van der Waals surface area contributed by atoms with E-state index in [4.69, 9.17) is 22.4 Å². The standard InChI is InChI=1S/C27H24ClF3N8O/c1-38-11-9-20(10-12-38)39-25-23(24(32)33-15-34-25)22(37-39)8-5-16-13-19(6-7-21(16)28)36-26(40)35-18-4-2-3-17(14-18)27(29,30)31/h2-4,6-7,13-15,20H,9-12H2,1H3,(H2,32,33,34)(H2,35,36,40). The van der Waals surface area contributed by atoms with Crippen LogP contribution in [0.3, 0.4) is 0 Å². The van der Waals surface area contributed by atoms with Crippen LogP contribution in [-0.2, 0) is 6.18 Å². The van der Waals surface area contributed by atoms with Gasteiger partial charge in [-0.3, -0.25) is 0 Å². The van der Waals surface area contributed by atoms with Crippen molar-refractivity contribution in [2.45, 2.75) is 25.1 Å². The smallest absolute Gasteiger partial charge is 0.383 e. The van der Waals surface area contributed by atoms with Crippen molar-refractivity contribution in [3.63, 3.8) is 0 Å². The predicted octanol–water partition coefficient (Wildman–Crippen LogP) is 5.39. The molecule has 1 aliphatic rings. The maximum Gasteiger partial charge on any atom is 0.416 e. The van der Waals surface area contributed by atoms with Gasteiger partial charge in [-0.05, 0) is 75.3 Å². The van der Waals surface area contributed by atoms with Crippen molar-refractivity contribution in [1.29, 1.82) is 0 Å². The number of benzene rings is 2. The first-order valence-electron chi connectivity index (χ1n) is 12.3. The van der Waals surface area contributed by atoms with Crippen molar-refractivity contribution in [3.8, 4) is 11.8 Å². The molecule has 0 bridgehead atoms. The summed E-state index contributed by atoms with van der Waals surface area (Å²) in [5.74, 6) is 6.27. The van der Waals surface area contributed by atoms with Gasteiger partial charge in [0, 0.05) is 16.9 Å². The van der Waals surface area contributed by atoms with Crippen LogP contribution < -0.4 is 16.4 Å². The number of nitrogen functional groups attached to an aromatic ring is 1. The molecule has 4 N–H and O–H groups in total. The summed E-state index contributed by atoms with van der Waals surface area (Å²) in [4.78, 5) is 23.2. The summed E-state index contributed by atoms with van der Waals surface area (Å²) in [7, 11) is 2.08. The lowest BCUT2D eigenvalue weighted by Gasteiger charge is -2.29. The lowest BCUT2D eigenvalue weighted by Crippen LogP contribution is -2.32. The van der Waals surface area contributed by atoms with E-state index in [1.54, 1.807) is 18.2 Å². The van der Waals surface area contributed by atoms with Gasteiger partial charge in [0.1, 0.15) is 17.8 Å². The molecule has 1 saturated heterocycles. The molecule has 3 heterocycles. The van der Waals surface area contributed by atoms with Gasteiger partial charge in [0.15, 0.2) is 5.65 Å². The van der Waals surface area contributed by atoms with Gasteiger partial charge in [0.25, 0.3) is 0 Å². The van der Waals surface area contributed by atoms with E-state index in [0.29, 0.717) is 33.0 Å².